The van der Waals surface area contributed by atoms with E-state index in [4.69, 9.17) is 32.4 Å². The van der Waals surface area contributed by atoms with Crippen molar-refractivity contribution in [3.05, 3.63) is 59.2 Å². The number of carbonyl (C=O) groups is 2. The molecule has 0 saturated carbocycles. The van der Waals surface area contributed by atoms with Crippen molar-refractivity contribution in [2.75, 3.05) is 33.3 Å². The Morgan fingerprint density at radius 3 is 2.17 bits per heavy atom. The van der Waals surface area contributed by atoms with Gasteiger partial charge >= 0.3 is 0 Å². The fourth-order valence-electron chi connectivity index (χ4n) is 4.47. The molecule has 2 aromatic carbocycles. The fraction of sp³-hybridized carbons (Fsp3) is 0.379. The lowest BCUT2D eigenvalue weighted by atomic mass is 9.89. The monoisotopic (exact) mass is 580 g/mol. The molecule has 13 nitrogen and oxygen atoms in total. The molecule has 0 bridgehead atoms. The number of rotatable bonds is 15. The zero-order chi connectivity index (χ0) is 30.5. The van der Waals surface area contributed by atoms with Crippen LogP contribution in [0.5, 0.6) is 17.2 Å². The summed E-state index contributed by atoms with van der Waals surface area (Å²) in [5, 5.41) is 15.6. The van der Waals surface area contributed by atoms with E-state index in [0.717, 1.165) is 18.4 Å². The van der Waals surface area contributed by atoms with Crippen LogP contribution in [-0.4, -0.2) is 62.1 Å². The summed E-state index contributed by atoms with van der Waals surface area (Å²) in [5.41, 5.74) is 23.4. The second kappa shape index (κ2) is 15.7. The van der Waals surface area contributed by atoms with E-state index in [1.165, 1.54) is 13.2 Å². The van der Waals surface area contributed by atoms with E-state index in [0.29, 0.717) is 61.6 Å². The van der Waals surface area contributed by atoms with E-state index in [9.17, 15) is 14.7 Å². The molecule has 2 aromatic rings. The number of nitrogens with two attached hydrogens (primary N) is 4. The molecule has 1 heterocycles. The number of hydrogen-bond donors (Lipinski definition) is 7. The van der Waals surface area contributed by atoms with Crippen LogP contribution in [0, 0.1) is 0 Å². The molecule has 0 saturated heterocycles. The van der Waals surface area contributed by atoms with Crippen LogP contribution >= 0.6 is 0 Å². The highest BCUT2D eigenvalue weighted by molar-refractivity contribution is 5.92. The minimum absolute atomic E-state index is 0.0336. The number of carbonyl (C=O) groups excluding carboxylic acids is 2. The molecule has 42 heavy (non-hydrogen) atoms. The van der Waals surface area contributed by atoms with Gasteiger partial charge in [-0.2, -0.15) is 0 Å². The number of unbranched alkanes of at least 4 members (excludes halogenated alkanes) is 2. The summed E-state index contributed by atoms with van der Waals surface area (Å²) >= 11 is 0. The molecule has 2 amide bonds. The number of nitrogens with zero attached hydrogens (tertiary/aromatic N) is 2. The van der Waals surface area contributed by atoms with Gasteiger partial charge in [0.1, 0.15) is 17.8 Å². The third-order valence-corrected chi connectivity index (χ3v) is 6.50. The molecule has 0 aromatic heterocycles. The lowest BCUT2D eigenvalue weighted by molar-refractivity contribution is -0.124. The van der Waals surface area contributed by atoms with Gasteiger partial charge in [0.2, 0.25) is 11.8 Å². The third-order valence-electron chi connectivity index (χ3n) is 6.50. The number of aliphatic imine (C=N–C) groups is 2. The van der Waals surface area contributed by atoms with Gasteiger partial charge in [-0.05, 0) is 67.2 Å². The Morgan fingerprint density at radius 1 is 0.952 bits per heavy atom. The van der Waals surface area contributed by atoms with Crippen molar-refractivity contribution in [2.24, 2.45) is 32.9 Å². The SMILES string of the molecule is COc1cc(/C=C/C(=O)NCCCCN=C(N)N)cc2c1O[C@H](c1ccc(O)cc1)[C@H]2C(=O)NCCCCN=C(N)N. The first-order valence-corrected chi connectivity index (χ1v) is 13.7. The topological polar surface area (TPSA) is 226 Å². The summed E-state index contributed by atoms with van der Waals surface area (Å²) in [5.74, 6) is -0.122. The van der Waals surface area contributed by atoms with Crippen molar-refractivity contribution in [3.63, 3.8) is 0 Å². The predicted octanol–water partition coefficient (Wildman–Crippen LogP) is 0.971. The van der Waals surface area contributed by atoms with Crippen LogP contribution in [0.15, 0.2) is 52.5 Å². The Morgan fingerprint density at radius 2 is 1.57 bits per heavy atom. The maximum atomic E-state index is 13.6. The van der Waals surface area contributed by atoms with Crippen molar-refractivity contribution in [1.82, 2.24) is 10.6 Å². The van der Waals surface area contributed by atoms with Crippen molar-refractivity contribution in [1.29, 1.82) is 0 Å². The zero-order valence-electron chi connectivity index (χ0n) is 23.7. The Hall–Kier alpha value is -4.94. The minimum atomic E-state index is -0.705. The van der Waals surface area contributed by atoms with Crippen molar-refractivity contribution < 1.29 is 24.2 Å². The van der Waals surface area contributed by atoms with Crippen LogP contribution in [0.2, 0.25) is 0 Å². The molecular formula is C29H40N8O5. The van der Waals surface area contributed by atoms with E-state index < -0.39 is 12.0 Å². The average Bonchev–Trinajstić information content (AvgIpc) is 3.34. The van der Waals surface area contributed by atoms with E-state index in [1.54, 1.807) is 36.4 Å². The summed E-state index contributed by atoms with van der Waals surface area (Å²) in [6.45, 7) is 1.88. The minimum Gasteiger partial charge on any atom is -0.508 e. The summed E-state index contributed by atoms with van der Waals surface area (Å²) < 4.78 is 11.9. The number of benzene rings is 2. The summed E-state index contributed by atoms with van der Waals surface area (Å²) in [6.07, 6.45) is 5.29. The molecule has 3 rings (SSSR count). The van der Waals surface area contributed by atoms with Crippen LogP contribution in [0.4, 0.5) is 0 Å². The van der Waals surface area contributed by atoms with Gasteiger partial charge in [0.05, 0.1) is 7.11 Å². The molecule has 0 fully saturated rings. The van der Waals surface area contributed by atoms with Crippen molar-refractivity contribution >= 4 is 29.8 Å². The summed E-state index contributed by atoms with van der Waals surface area (Å²) in [4.78, 5) is 33.8. The third kappa shape index (κ3) is 9.32. The van der Waals surface area contributed by atoms with Crippen LogP contribution in [0.25, 0.3) is 6.08 Å². The molecule has 0 spiro atoms. The Kier molecular flexibility index (Phi) is 11.8. The standard InChI is InChI=1S/C29H40N8O5/c1-41-22-17-18(6-11-23(39)34-12-2-4-14-36-28(30)31)16-21-24(27(40)35-13-3-5-15-37-29(32)33)25(42-26(21)22)19-7-9-20(38)10-8-19/h6-11,16-17,24-25,38H,2-5,12-15H2,1H3,(H,34,39)(H,35,40)(H4,30,31,36)(H4,32,33,37)/b11-6+/t24-,25+/m0/s1. The number of phenols is 1. The maximum absolute atomic E-state index is 13.6. The van der Waals surface area contributed by atoms with Gasteiger partial charge in [-0.3, -0.25) is 19.6 Å². The molecule has 0 radical (unpaired) electrons. The van der Waals surface area contributed by atoms with E-state index >= 15 is 0 Å². The van der Waals surface area contributed by atoms with E-state index in [-0.39, 0.29) is 29.5 Å². The molecule has 0 unspecified atom stereocenters. The average molecular weight is 581 g/mol. The highest BCUT2D eigenvalue weighted by Crippen LogP contribution is 2.51. The number of fused-ring (bicyclic) bond motifs is 1. The first-order valence-electron chi connectivity index (χ1n) is 13.7. The first-order chi connectivity index (χ1) is 20.2. The second-order valence-electron chi connectivity index (χ2n) is 9.69. The molecule has 11 N–H and O–H groups in total. The molecular weight excluding hydrogens is 540 g/mol. The van der Waals surface area contributed by atoms with Crippen LogP contribution in [0.3, 0.4) is 0 Å². The highest BCUT2D eigenvalue weighted by Gasteiger charge is 2.42. The molecule has 1 aliphatic rings. The summed E-state index contributed by atoms with van der Waals surface area (Å²) in [6, 6.07) is 10.1. The maximum Gasteiger partial charge on any atom is 0.243 e. The second-order valence-corrected chi connectivity index (χ2v) is 9.69. The molecule has 0 aliphatic carbocycles. The van der Waals surface area contributed by atoms with Gasteiger partial charge in [-0.15, -0.1) is 0 Å². The number of nitrogens with one attached hydrogen (secondary N) is 2. The number of hydrogen-bond acceptors (Lipinski definition) is 7. The van der Waals surface area contributed by atoms with Crippen molar-refractivity contribution in [2.45, 2.75) is 37.7 Å². The van der Waals surface area contributed by atoms with Gasteiger partial charge in [0.15, 0.2) is 23.4 Å². The van der Waals surface area contributed by atoms with E-state index in [2.05, 4.69) is 20.6 Å². The highest BCUT2D eigenvalue weighted by atomic mass is 16.5. The first kappa shape index (κ1) is 31.6. The number of amides is 2. The fourth-order valence-corrected chi connectivity index (χ4v) is 4.47. The van der Waals surface area contributed by atoms with Gasteiger partial charge in [0, 0.05) is 37.8 Å². The molecule has 13 heteroatoms. The number of ether oxygens (including phenoxy) is 2. The predicted molar refractivity (Wildman–Crippen MR) is 162 cm³/mol. The lowest BCUT2D eigenvalue weighted by Crippen LogP contribution is -2.32. The van der Waals surface area contributed by atoms with Gasteiger partial charge < -0.3 is 48.1 Å². The Labute approximate surface area is 245 Å². The van der Waals surface area contributed by atoms with E-state index in [1.807, 2.05) is 6.07 Å². The number of guanidine groups is 2. The summed E-state index contributed by atoms with van der Waals surface area (Å²) in [7, 11) is 1.51. The Bertz CT molecular complexity index is 1300. The van der Waals surface area contributed by atoms with Crippen LogP contribution in [-0.2, 0) is 9.59 Å². The van der Waals surface area contributed by atoms with Crippen LogP contribution < -0.4 is 43.0 Å². The molecule has 2 atom stereocenters. The van der Waals surface area contributed by atoms with Crippen molar-refractivity contribution in [3.8, 4) is 17.2 Å². The quantitative estimate of drug-likeness (QED) is 0.0688. The lowest BCUT2D eigenvalue weighted by Gasteiger charge is -2.19. The van der Waals surface area contributed by atoms with Gasteiger partial charge in [0.25, 0.3) is 0 Å². The number of methoxy groups -OCH3 is 1. The normalized spacial score (nSPS) is 15.4. The molecule has 1 aliphatic heterocycles. The van der Waals surface area contributed by atoms with Crippen LogP contribution in [0.1, 0.15) is 54.4 Å². The number of aromatic hydroxyl groups is 1. The zero-order valence-corrected chi connectivity index (χ0v) is 23.7. The van der Waals surface area contributed by atoms with Gasteiger partial charge in [-0.1, -0.05) is 12.1 Å². The smallest absolute Gasteiger partial charge is 0.243 e. The number of phenolic OH excluding ortho intramolecular Hbond substituents is 1. The Balaban J connectivity index is 1.76. The molecule has 226 valence electrons. The largest absolute Gasteiger partial charge is 0.508 e. The van der Waals surface area contributed by atoms with Gasteiger partial charge in [-0.25, -0.2) is 0 Å².